The van der Waals surface area contributed by atoms with E-state index in [0.717, 1.165) is 19.3 Å². The maximum absolute atomic E-state index is 11.7. The van der Waals surface area contributed by atoms with Crippen molar-refractivity contribution in [2.75, 3.05) is 11.9 Å². The molecule has 0 saturated carbocycles. The molecule has 5 nitrogen and oxygen atoms in total. The van der Waals surface area contributed by atoms with Gasteiger partial charge >= 0.3 is 5.97 Å². The Bertz CT molecular complexity index is 515. The van der Waals surface area contributed by atoms with Crippen LogP contribution in [0.4, 0.5) is 5.69 Å². The van der Waals surface area contributed by atoms with Gasteiger partial charge in [-0.05, 0) is 49.3 Å². The summed E-state index contributed by atoms with van der Waals surface area (Å²) in [6, 6.07) is 6.74. The molecule has 6 heteroatoms. The van der Waals surface area contributed by atoms with E-state index in [1.807, 2.05) is 13.8 Å². The van der Waals surface area contributed by atoms with Gasteiger partial charge in [0.2, 0.25) is 5.91 Å². The van der Waals surface area contributed by atoms with Crippen molar-refractivity contribution in [2.45, 2.75) is 39.5 Å². The summed E-state index contributed by atoms with van der Waals surface area (Å²) in [4.78, 5) is 23.2. The minimum Gasteiger partial charge on any atom is -0.462 e. The summed E-state index contributed by atoms with van der Waals surface area (Å²) in [5, 5.41) is 5.78. The lowest BCUT2D eigenvalue weighted by molar-refractivity contribution is -0.119. The van der Waals surface area contributed by atoms with Crippen molar-refractivity contribution in [2.24, 2.45) is 0 Å². The highest BCUT2D eigenvalue weighted by Gasteiger charge is 2.07. The van der Waals surface area contributed by atoms with Crippen molar-refractivity contribution in [1.82, 2.24) is 5.32 Å². The van der Waals surface area contributed by atoms with Crippen LogP contribution in [-0.2, 0) is 9.53 Å². The summed E-state index contributed by atoms with van der Waals surface area (Å²) < 4.78 is 5.05. The van der Waals surface area contributed by atoms with Gasteiger partial charge in [-0.15, -0.1) is 0 Å². The summed E-state index contributed by atoms with van der Waals surface area (Å²) in [6.07, 6.45) is 3.05. The van der Waals surface area contributed by atoms with Crippen LogP contribution in [0.3, 0.4) is 0 Å². The quantitative estimate of drug-likeness (QED) is 0.596. The fourth-order valence-electron chi connectivity index (χ4n) is 1.66. The van der Waals surface area contributed by atoms with Crippen LogP contribution in [0.1, 0.15) is 49.9 Å². The molecule has 0 aliphatic rings. The number of carbonyl (C=O) groups is 2. The van der Waals surface area contributed by atoms with Gasteiger partial charge in [-0.2, -0.15) is 0 Å². The molecule has 1 aromatic rings. The van der Waals surface area contributed by atoms with Gasteiger partial charge in [-0.3, -0.25) is 4.79 Å². The largest absolute Gasteiger partial charge is 0.462 e. The lowest BCUT2D eigenvalue weighted by Gasteiger charge is -2.10. The number of ether oxygens (including phenoxy) is 1. The molecule has 120 valence electrons. The van der Waals surface area contributed by atoms with Gasteiger partial charge in [-0.25, -0.2) is 4.79 Å². The van der Waals surface area contributed by atoms with E-state index >= 15 is 0 Å². The second kappa shape index (κ2) is 9.89. The molecule has 0 radical (unpaired) electrons. The van der Waals surface area contributed by atoms with E-state index in [1.165, 1.54) is 0 Å². The minimum atomic E-state index is -0.344. The Kier molecular flexibility index (Phi) is 8.14. The summed E-state index contributed by atoms with van der Waals surface area (Å²) in [7, 11) is 0. The van der Waals surface area contributed by atoms with E-state index < -0.39 is 0 Å². The number of rotatable bonds is 7. The van der Waals surface area contributed by atoms with E-state index in [9.17, 15) is 9.59 Å². The Labute approximate surface area is 136 Å². The van der Waals surface area contributed by atoms with Crippen LogP contribution in [0.15, 0.2) is 24.3 Å². The summed E-state index contributed by atoms with van der Waals surface area (Å²) in [6.45, 7) is 4.37. The first-order valence-electron chi connectivity index (χ1n) is 7.44. The number of hydrogen-bond donors (Lipinski definition) is 2. The molecule has 0 heterocycles. The van der Waals surface area contributed by atoms with Gasteiger partial charge in [0.15, 0.2) is 5.11 Å². The highest BCUT2D eigenvalue weighted by Crippen LogP contribution is 2.10. The number of amides is 1. The number of nitrogens with one attached hydrogen (secondary N) is 2. The van der Waals surface area contributed by atoms with Gasteiger partial charge in [-0.1, -0.05) is 20.3 Å². The topological polar surface area (TPSA) is 67.4 Å². The Morgan fingerprint density at radius 2 is 1.82 bits per heavy atom. The van der Waals surface area contributed by atoms with Crippen molar-refractivity contribution in [3.8, 4) is 0 Å². The van der Waals surface area contributed by atoms with Gasteiger partial charge in [0.05, 0.1) is 12.2 Å². The fraction of sp³-hybridized carbons (Fsp3) is 0.438. The van der Waals surface area contributed by atoms with Crippen LogP contribution < -0.4 is 10.6 Å². The van der Waals surface area contributed by atoms with Crippen molar-refractivity contribution in [3.05, 3.63) is 29.8 Å². The van der Waals surface area contributed by atoms with E-state index in [-0.39, 0.29) is 17.0 Å². The summed E-state index contributed by atoms with van der Waals surface area (Å²) >= 11 is 5.07. The second-order valence-corrected chi connectivity index (χ2v) is 5.23. The monoisotopic (exact) mass is 322 g/mol. The number of esters is 1. The third-order valence-electron chi connectivity index (χ3n) is 2.83. The van der Waals surface area contributed by atoms with Crippen LogP contribution in [0.5, 0.6) is 0 Å². The van der Waals surface area contributed by atoms with E-state index in [1.54, 1.807) is 24.3 Å². The minimum absolute atomic E-state index is 0.0980. The van der Waals surface area contributed by atoms with Crippen LogP contribution in [0.25, 0.3) is 0 Å². The first-order chi connectivity index (χ1) is 10.6. The molecular formula is C16H22N2O3S. The molecule has 22 heavy (non-hydrogen) atoms. The molecule has 0 fully saturated rings. The molecule has 0 saturated heterocycles. The Morgan fingerprint density at radius 1 is 1.14 bits per heavy atom. The summed E-state index contributed by atoms with van der Waals surface area (Å²) in [5.41, 5.74) is 1.18. The Balaban J connectivity index is 2.48. The number of carbonyl (C=O) groups excluding carboxylic acids is 2. The Hall–Kier alpha value is -1.95. The van der Waals surface area contributed by atoms with Crippen LogP contribution >= 0.6 is 12.2 Å². The van der Waals surface area contributed by atoms with Crippen molar-refractivity contribution < 1.29 is 14.3 Å². The summed E-state index contributed by atoms with van der Waals surface area (Å²) in [5.74, 6) is -0.442. The van der Waals surface area contributed by atoms with E-state index in [2.05, 4.69) is 10.6 Å². The molecule has 2 N–H and O–H groups in total. The van der Waals surface area contributed by atoms with Gasteiger partial charge in [0, 0.05) is 12.1 Å². The van der Waals surface area contributed by atoms with Crippen LogP contribution in [0, 0.1) is 0 Å². The zero-order valence-corrected chi connectivity index (χ0v) is 13.8. The second-order valence-electron chi connectivity index (χ2n) is 4.82. The smallest absolute Gasteiger partial charge is 0.338 e. The average molecular weight is 322 g/mol. The van der Waals surface area contributed by atoms with E-state index in [4.69, 9.17) is 17.0 Å². The molecule has 0 aliphatic heterocycles. The molecule has 0 atom stereocenters. The molecule has 0 aromatic heterocycles. The molecule has 0 bridgehead atoms. The fourth-order valence-corrected chi connectivity index (χ4v) is 1.89. The van der Waals surface area contributed by atoms with Gasteiger partial charge < -0.3 is 15.4 Å². The third kappa shape index (κ3) is 6.67. The first-order valence-corrected chi connectivity index (χ1v) is 7.85. The highest BCUT2D eigenvalue weighted by molar-refractivity contribution is 7.80. The van der Waals surface area contributed by atoms with E-state index in [0.29, 0.717) is 24.3 Å². The first kappa shape index (κ1) is 18.1. The molecule has 1 amide bonds. The lowest BCUT2D eigenvalue weighted by atomic mass is 10.2. The van der Waals surface area contributed by atoms with Crippen LogP contribution in [-0.4, -0.2) is 23.6 Å². The zero-order chi connectivity index (χ0) is 16.4. The third-order valence-corrected chi connectivity index (χ3v) is 3.03. The lowest BCUT2D eigenvalue weighted by Crippen LogP contribution is -2.33. The number of hydrogen-bond acceptors (Lipinski definition) is 4. The van der Waals surface area contributed by atoms with Gasteiger partial charge in [0.25, 0.3) is 0 Å². The Morgan fingerprint density at radius 3 is 2.41 bits per heavy atom. The molecule has 0 unspecified atom stereocenters. The predicted octanol–water partition coefficient (Wildman–Crippen LogP) is 3.26. The highest BCUT2D eigenvalue weighted by atomic mass is 32.1. The number of thiocarbonyl (C=S) groups is 1. The van der Waals surface area contributed by atoms with Crippen molar-refractivity contribution >= 4 is 34.9 Å². The average Bonchev–Trinajstić information content (AvgIpc) is 2.51. The van der Waals surface area contributed by atoms with Gasteiger partial charge in [0.1, 0.15) is 0 Å². The number of unbranched alkanes of at least 4 members (excludes halogenated alkanes) is 1. The normalized spacial score (nSPS) is 9.91. The molecule has 1 aromatic carbocycles. The molecule has 1 rings (SSSR count). The maximum atomic E-state index is 11.7. The van der Waals surface area contributed by atoms with Crippen molar-refractivity contribution in [3.63, 3.8) is 0 Å². The molecule has 0 aliphatic carbocycles. The number of benzene rings is 1. The predicted molar refractivity (Wildman–Crippen MR) is 90.9 cm³/mol. The number of anilines is 1. The zero-order valence-electron chi connectivity index (χ0n) is 13.0. The standard InChI is InChI=1S/C16H22N2O3S/c1-3-5-6-14(19)18-16(22)17-13-9-7-12(8-10-13)15(20)21-11-4-2/h7-10H,3-6,11H2,1-2H3,(H2,17,18,19,22). The molecule has 0 spiro atoms. The molecular weight excluding hydrogens is 300 g/mol. The van der Waals surface area contributed by atoms with Crippen molar-refractivity contribution in [1.29, 1.82) is 0 Å². The SMILES string of the molecule is CCCCC(=O)NC(=S)Nc1ccc(C(=O)OCCC)cc1. The van der Waals surface area contributed by atoms with Crippen LogP contribution in [0.2, 0.25) is 0 Å². The maximum Gasteiger partial charge on any atom is 0.338 e.